The van der Waals surface area contributed by atoms with Gasteiger partial charge in [-0.2, -0.15) is 0 Å². The molecule has 2 heteroatoms. The number of hydrogen-bond donors (Lipinski definition) is 1. The first kappa shape index (κ1) is 11.2. The molecule has 0 radical (unpaired) electrons. The van der Waals surface area contributed by atoms with Crippen molar-refractivity contribution in [3.63, 3.8) is 0 Å². The van der Waals surface area contributed by atoms with Crippen LogP contribution in [0.1, 0.15) is 13.8 Å². The summed E-state index contributed by atoms with van der Waals surface area (Å²) in [4.78, 5) is 9.44. The molecular formula is C13H14O2. The zero-order valence-electron chi connectivity index (χ0n) is 8.90. The molecule has 0 heterocycles. The van der Waals surface area contributed by atoms with E-state index >= 15 is 0 Å². The molecule has 0 fully saturated rings. The van der Waals surface area contributed by atoms with Gasteiger partial charge in [-0.1, -0.05) is 30.3 Å². The Morgan fingerprint density at radius 2 is 1.53 bits per heavy atom. The Bertz CT molecular complexity index is 457. The van der Waals surface area contributed by atoms with Crippen LogP contribution in [0.5, 0.6) is 5.75 Å². The molecule has 78 valence electrons. The van der Waals surface area contributed by atoms with E-state index in [1.807, 2.05) is 30.3 Å². The maximum atomic E-state index is 9.44. The van der Waals surface area contributed by atoms with Crippen molar-refractivity contribution in [2.24, 2.45) is 0 Å². The SMILES string of the molecule is CC(C)=O.Oc1ccc2ccccc2c1. The molecule has 0 saturated carbocycles. The third-order valence-corrected chi connectivity index (χ3v) is 1.73. The van der Waals surface area contributed by atoms with Crippen LogP contribution in [0.3, 0.4) is 0 Å². The van der Waals surface area contributed by atoms with Gasteiger partial charge >= 0.3 is 0 Å². The van der Waals surface area contributed by atoms with Gasteiger partial charge in [0.05, 0.1) is 0 Å². The van der Waals surface area contributed by atoms with E-state index in [2.05, 4.69) is 0 Å². The molecule has 15 heavy (non-hydrogen) atoms. The zero-order valence-corrected chi connectivity index (χ0v) is 8.90. The Balaban J connectivity index is 0.000000245. The average Bonchev–Trinajstić information content (AvgIpc) is 2.16. The lowest BCUT2D eigenvalue weighted by Crippen LogP contribution is -1.69. The molecule has 2 rings (SSSR count). The summed E-state index contributed by atoms with van der Waals surface area (Å²) < 4.78 is 0. The maximum Gasteiger partial charge on any atom is 0.126 e. The third kappa shape index (κ3) is 3.81. The molecule has 0 aliphatic rings. The number of rotatable bonds is 0. The van der Waals surface area contributed by atoms with Gasteiger partial charge in [-0.3, -0.25) is 0 Å². The number of carbonyl (C=O) groups is 1. The van der Waals surface area contributed by atoms with Crippen molar-refractivity contribution < 1.29 is 9.90 Å². The minimum absolute atomic E-state index is 0.167. The highest BCUT2D eigenvalue weighted by Gasteiger charge is 1.91. The minimum Gasteiger partial charge on any atom is -0.508 e. The highest BCUT2D eigenvalue weighted by atomic mass is 16.3. The van der Waals surface area contributed by atoms with Crippen molar-refractivity contribution in [2.45, 2.75) is 13.8 Å². The molecule has 0 aromatic heterocycles. The fourth-order valence-electron chi connectivity index (χ4n) is 1.18. The largest absolute Gasteiger partial charge is 0.508 e. The Morgan fingerprint density at radius 3 is 2.13 bits per heavy atom. The van der Waals surface area contributed by atoms with Gasteiger partial charge in [0.1, 0.15) is 11.5 Å². The van der Waals surface area contributed by atoms with Gasteiger partial charge in [0.25, 0.3) is 0 Å². The van der Waals surface area contributed by atoms with E-state index in [-0.39, 0.29) is 5.78 Å². The summed E-state index contributed by atoms with van der Waals surface area (Å²) in [6.07, 6.45) is 0. The van der Waals surface area contributed by atoms with Crippen LogP contribution < -0.4 is 0 Å². The van der Waals surface area contributed by atoms with E-state index in [0.29, 0.717) is 5.75 Å². The van der Waals surface area contributed by atoms with Gasteiger partial charge in [0, 0.05) is 0 Å². The minimum atomic E-state index is 0.167. The van der Waals surface area contributed by atoms with Crippen LogP contribution in [-0.2, 0) is 4.79 Å². The summed E-state index contributed by atoms with van der Waals surface area (Å²) in [6, 6.07) is 13.3. The van der Waals surface area contributed by atoms with Crippen LogP contribution in [0.2, 0.25) is 0 Å². The predicted molar refractivity (Wildman–Crippen MR) is 62.0 cm³/mol. The van der Waals surface area contributed by atoms with E-state index in [1.165, 1.54) is 13.8 Å². The number of phenolic OH excluding ortho intramolecular Hbond substituents is 1. The fourth-order valence-corrected chi connectivity index (χ4v) is 1.18. The highest BCUT2D eigenvalue weighted by Crippen LogP contribution is 2.18. The molecule has 0 spiro atoms. The van der Waals surface area contributed by atoms with Crippen molar-refractivity contribution in [2.75, 3.05) is 0 Å². The monoisotopic (exact) mass is 202 g/mol. The standard InChI is InChI=1S/C10H8O.C3H6O/c11-10-6-5-8-3-1-2-4-9(8)7-10;1-3(2)4/h1-7,11H;1-2H3. The van der Waals surface area contributed by atoms with Crippen LogP contribution in [0.4, 0.5) is 0 Å². The van der Waals surface area contributed by atoms with Gasteiger partial charge < -0.3 is 9.90 Å². The Kier molecular flexibility index (Phi) is 3.86. The summed E-state index contributed by atoms with van der Waals surface area (Å²) in [7, 11) is 0. The lowest BCUT2D eigenvalue weighted by molar-refractivity contribution is -0.114. The number of benzene rings is 2. The molecular weight excluding hydrogens is 188 g/mol. The number of phenols is 1. The molecule has 0 aliphatic heterocycles. The fraction of sp³-hybridized carbons (Fsp3) is 0.154. The second-order valence-electron chi connectivity index (χ2n) is 3.44. The summed E-state index contributed by atoms with van der Waals surface area (Å²) in [5.74, 6) is 0.490. The maximum absolute atomic E-state index is 9.44. The van der Waals surface area contributed by atoms with Crippen LogP contribution in [0.15, 0.2) is 42.5 Å². The highest BCUT2D eigenvalue weighted by molar-refractivity contribution is 5.83. The van der Waals surface area contributed by atoms with Gasteiger partial charge in [-0.05, 0) is 36.8 Å². The van der Waals surface area contributed by atoms with E-state index < -0.39 is 0 Å². The summed E-state index contributed by atoms with van der Waals surface area (Å²) in [5.41, 5.74) is 0. The van der Waals surface area contributed by atoms with Gasteiger partial charge in [0.2, 0.25) is 0 Å². The van der Waals surface area contributed by atoms with E-state index in [4.69, 9.17) is 5.11 Å². The van der Waals surface area contributed by atoms with E-state index in [1.54, 1.807) is 12.1 Å². The number of carbonyl (C=O) groups excluding carboxylic acids is 1. The number of hydrogen-bond acceptors (Lipinski definition) is 2. The Labute approximate surface area is 89.2 Å². The van der Waals surface area contributed by atoms with E-state index in [9.17, 15) is 4.79 Å². The molecule has 0 atom stereocenters. The first-order valence-corrected chi connectivity index (χ1v) is 4.74. The first-order chi connectivity index (χ1) is 7.09. The molecule has 2 aromatic rings. The molecule has 0 unspecified atom stereocenters. The molecule has 0 bridgehead atoms. The number of ketones is 1. The molecule has 2 aromatic carbocycles. The smallest absolute Gasteiger partial charge is 0.126 e. The lowest BCUT2D eigenvalue weighted by atomic mass is 10.1. The molecule has 1 N–H and O–H groups in total. The summed E-state index contributed by atoms with van der Waals surface area (Å²) in [6.45, 7) is 3.06. The number of aromatic hydroxyl groups is 1. The van der Waals surface area contributed by atoms with Crippen LogP contribution in [0.25, 0.3) is 10.8 Å². The number of Topliss-reactive ketones (excluding diaryl/α,β-unsaturated/α-hetero) is 1. The van der Waals surface area contributed by atoms with Gasteiger partial charge in [-0.25, -0.2) is 0 Å². The molecule has 0 saturated heterocycles. The second kappa shape index (κ2) is 5.15. The molecule has 0 aliphatic carbocycles. The van der Waals surface area contributed by atoms with Crippen molar-refractivity contribution >= 4 is 16.6 Å². The van der Waals surface area contributed by atoms with Crippen LogP contribution in [-0.4, -0.2) is 10.9 Å². The molecule has 0 amide bonds. The Hall–Kier alpha value is -1.83. The van der Waals surface area contributed by atoms with Crippen molar-refractivity contribution in [1.29, 1.82) is 0 Å². The summed E-state index contributed by atoms with van der Waals surface area (Å²) >= 11 is 0. The average molecular weight is 202 g/mol. The topological polar surface area (TPSA) is 37.3 Å². The van der Waals surface area contributed by atoms with Gasteiger partial charge in [0.15, 0.2) is 0 Å². The van der Waals surface area contributed by atoms with E-state index in [0.717, 1.165) is 10.8 Å². The van der Waals surface area contributed by atoms with Crippen molar-refractivity contribution in [1.82, 2.24) is 0 Å². The zero-order chi connectivity index (χ0) is 11.3. The van der Waals surface area contributed by atoms with Crippen molar-refractivity contribution in [3.05, 3.63) is 42.5 Å². The Morgan fingerprint density at radius 1 is 1.00 bits per heavy atom. The van der Waals surface area contributed by atoms with Gasteiger partial charge in [-0.15, -0.1) is 0 Å². The summed E-state index contributed by atoms with van der Waals surface area (Å²) in [5, 5.41) is 11.4. The van der Waals surface area contributed by atoms with Crippen LogP contribution in [0, 0.1) is 0 Å². The molecule has 2 nitrogen and oxygen atoms in total. The first-order valence-electron chi connectivity index (χ1n) is 4.74. The van der Waals surface area contributed by atoms with Crippen molar-refractivity contribution in [3.8, 4) is 5.75 Å². The number of fused-ring (bicyclic) bond motifs is 1. The second-order valence-corrected chi connectivity index (χ2v) is 3.44. The normalized spacial score (nSPS) is 9.20. The quantitative estimate of drug-likeness (QED) is 0.712. The van der Waals surface area contributed by atoms with Crippen LogP contribution >= 0.6 is 0 Å². The predicted octanol–water partition coefficient (Wildman–Crippen LogP) is 3.14. The lowest BCUT2D eigenvalue weighted by Gasteiger charge is -1.96. The third-order valence-electron chi connectivity index (χ3n) is 1.73.